The predicted molar refractivity (Wildman–Crippen MR) is 109 cm³/mol. The van der Waals surface area contributed by atoms with Crippen molar-refractivity contribution in [1.29, 1.82) is 0 Å². The van der Waals surface area contributed by atoms with Gasteiger partial charge in [-0.1, -0.05) is 103 Å². The maximum absolute atomic E-state index is 11.5. The third-order valence-electron chi connectivity index (χ3n) is 5.09. The van der Waals surface area contributed by atoms with Gasteiger partial charge in [0.1, 0.15) is 12.1 Å². The Hall–Kier alpha value is -0.660. The second kappa shape index (κ2) is 21.4. The lowest BCUT2D eigenvalue weighted by atomic mass is 10.0. The minimum atomic E-state index is 0.340. The molecule has 2 nitrogen and oxygen atoms in total. The molecule has 2 heteroatoms. The van der Waals surface area contributed by atoms with E-state index in [2.05, 4.69) is 6.92 Å². The van der Waals surface area contributed by atoms with Gasteiger partial charge in [0.05, 0.1) is 0 Å². The Morgan fingerprint density at radius 2 is 0.920 bits per heavy atom. The lowest BCUT2D eigenvalue weighted by Gasteiger charge is -2.03. The third kappa shape index (κ3) is 21.3. The van der Waals surface area contributed by atoms with Gasteiger partial charge < -0.3 is 4.79 Å². The Balaban J connectivity index is 3.07. The molecule has 0 aliphatic heterocycles. The zero-order chi connectivity index (χ0) is 18.4. The lowest BCUT2D eigenvalue weighted by molar-refractivity contribution is -0.119. The van der Waals surface area contributed by atoms with Crippen molar-refractivity contribution in [1.82, 2.24) is 0 Å². The lowest BCUT2D eigenvalue weighted by Crippen LogP contribution is -1.97. The van der Waals surface area contributed by atoms with E-state index in [1.165, 1.54) is 96.3 Å². The van der Waals surface area contributed by atoms with Crippen molar-refractivity contribution in [3.05, 3.63) is 0 Å². The fourth-order valence-electron chi connectivity index (χ4n) is 3.38. The van der Waals surface area contributed by atoms with E-state index in [1.54, 1.807) is 0 Å². The molecule has 0 heterocycles. The molecule has 0 aromatic carbocycles. The second-order valence-corrected chi connectivity index (χ2v) is 7.65. The molecule has 0 saturated heterocycles. The van der Waals surface area contributed by atoms with Crippen molar-refractivity contribution >= 4 is 12.1 Å². The number of rotatable bonds is 21. The van der Waals surface area contributed by atoms with E-state index in [-0.39, 0.29) is 0 Å². The molecular weight excluding hydrogens is 308 g/mol. The summed E-state index contributed by atoms with van der Waals surface area (Å²) >= 11 is 0. The number of aldehydes is 1. The minimum Gasteiger partial charge on any atom is -0.303 e. The highest BCUT2D eigenvalue weighted by atomic mass is 16.1. The number of carbonyl (C=O) groups excluding carboxylic acids is 2. The number of hydrogen-bond donors (Lipinski definition) is 0. The summed E-state index contributed by atoms with van der Waals surface area (Å²) in [7, 11) is 0. The number of ketones is 1. The van der Waals surface area contributed by atoms with E-state index < -0.39 is 0 Å². The standard InChI is InChI=1S/C23H44O2/c1-2-3-4-5-6-7-8-9-10-11-12-13-14-15-16-17-20-23(25)21-18-19-22-24/h22H,2-21H2,1H3. The molecule has 0 bridgehead atoms. The third-order valence-corrected chi connectivity index (χ3v) is 5.09. The van der Waals surface area contributed by atoms with Crippen molar-refractivity contribution in [2.45, 2.75) is 135 Å². The second-order valence-electron chi connectivity index (χ2n) is 7.65. The highest BCUT2D eigenvalue weighted by molar-refractivity contribution is 5.78. The average Bonchev–Trinajstić information content (AvgIpc) is 2.61. The molecule has 0 aromatic rings. The predicted octanol–water partition coefficient (Wildman–Crippen LogP) is 7.58. The molecule has 148 valence electrons. The van der Waals surface area contributed by atoms with Crippen LogP contribution in [0.15, 0.2) is 0 Å². The Morgan fingerprint density at radius 1 is 0.560 bits per heavy atom. The average molecular weight is 353 g/mol. The summed E-state index contributed by atoms with van der Waals surface area (Å²) < 4.78 is 0. The van der Waals surface area contributed by atoms with Gasteiger partial charge in [0.2, 0.25) is 0 Å². The van der Waals surface area contributed by atoms with E-state index in [1.807, 2.05) is 0 Å². The van der Waals surface area contributed by atoms with Crippen LogP contribution in [0.25, 0.3) is 0 Å². The quantitative estimate of drug-likeness (QED) is 0.158. The normalized spacial score (nSPS) is 10.9. The highest BCUT2D eigenvalue weighted by Crippen LogP contribution is 2.14. The number of unbranched alkanes of at least 4 members (excludes halogenated alkanes) is 16. The maximum Gasteiger partial charge on any atom is 0.132 e. The van der Waals surface area contributed by atoms with E-state index in [4.69, 9.17) is 0 Å². The van der Waals surface area contributed by atoms with E-state index in [9.17, 15) is 9.59 Å². The van der Waals surface area contributed by atoms with Gasteiger partial charge in [-0.25, -0.2) is 0 Å². The van der Waals surface area contributed by atoms with Crippen molar-refractivity contribution in [2.24, 2.45) is 0 Å². The summed E-state index contributed by atoms with van der Waals surface area (Å²) in [6.45, 7) is 2.28. The Bertz CT molecular complexity index is 286. The molecule has 0 aromatic heterocycles. The van der Waals surface area contributed by atoms with Gasteiger partial charge in [0, 0.05) is 19.3 Å². The van der Waals surface area contributed by atoms with Crippen LogP contribution in [0, 0.1) is 0 Å². The topological polar surface area (TPSA) is 34.1 Å². The molecule has 0 atom stereocenters. The first kappa shape index (κ1) is 24.3. The van der Waals surface area contributed by atoms with Crippen LogP contribution in [0.4, 0.5) is 0 Å². The van der Waals surface area contributed by atoms with Crippen LogP contribution in [0.1, 0.15) is 135 Å². The van der Waals surface area contributed by atoms with Gasteiger partial charge in [-0.2, -0.15) is 0 Å². The van der Waals surface area contributed by atoms with Gasteiger partial charge in [-0.3, -0.25) is 4.79 Å². The number of Topliss-reactive ketones (excluding diaryl/α,β-unsaturated/α-hetero) is 1. The fourth-order valence-corrected chi connectivity index (χ4v) is 3.38. The van der Waals surface area contributed by atoms with Crippen LogP contribution >= 0.6 is 0 Å². The van der Waals surface area contributed by atoms with Gasteiger partial charge in [-0.15, -0.1) is 0 Å². The maximum atomic E-state index is 11.5. The molecule has 0 N–H and O–H groups in total. The van der Waals surface area contributed by atoms with Crippen LogP contribution in [0.2, 0.25) is 0 Å². The molecule has 0 aliphatic carbocycles. The molecule has 0 amide bonds. The minimum absolute atomic E-state index is 0.340. The van der Waals surface area contributed by atoms with Crippen LogP contribution in [0.5, 0.6) is 0 Å². The van der Waals surface area contributed by atoms with E-state index >= 15 is 0 Å². The fraction of sp³-hybridized carbons (Fsp3) is 0.913. The number of carbonyl (C=O) groups is 2. The smallest absolute Gasteiger partial charge is 0.132 e. The molecule has 0 unspecified atom stereocenters. The summed E-state index contributed by atoms with van der Waals surface area (Å²) in [6, 6.07) is 0. The van der Waals surface area contributed by atoms with Crippen LogP contribution in [-0.2, 0) is 9.59 Å². The molecule has 0 aliphatic rings. The Labute approximate surface area is 157 Å². The molecule has 0 saturated carbocycles. The molecule has 25 heavy (non-hydrogen) atoms. The van der Waals surface area contributed by atoms with Crippen molar-refractivity contribution < 1.29 is 9.59 Å². The van der Waals surface area contributed by atoms with Gasteiger partial charge >= 0.3 is 0 Å². The molecule has 0 radical (unpaired) electrons. The summed E-state index contributed by atoms with van der Waals surface area (Å²) in [4.78, 5) is 21.7. The van der Waals surface area contributed by atoms with E-state index in [0.29, 0.717) is 18.6 Å². The molecule has 0 spiro atoms. The van der Waals surface area contributed by atoms with Crippen LogP contribution in [0.3, 0.4) is 0 Å². The highest BCUT2D eigenvalue weighted by Gasteiger charge is 2.01. The summed E-state index contributed by atoms with van der Waals surface area (Å²) in [5, 5.41) is 0. The Kier molecular flexibility index (Phi) is 20.8. The van der Waals surface area contributed by atoms with Crippen LogP contribution in [-0.4, -0.2) is 12.1 Å². The SMILES string of the molecule is CCCCCCCCCCCCCCCCCCC(=O)CCCC=O. The summed E-state index contributed by atoms with van der Waals surface area (Å²) in [6.07, 6.45) is 25.3. The monoisotopic (exact) mass is 352 g/mol. The first-order valence-electron chi connectivity index (χ1n) is 11.3. The van der Waals surface area contributed by atoms with Crippen molar-refractivity contribution in [2.75, 3.05) is 0 Å². The van der Waals surface area contributed by atoms with Gasteiger partial charge in [-0.05, 0) is 12.8 Å². The first-order valence-corrected chi connectivity index (χ1v) is 11.3. The molecule has 0 rings (SSSR count). The van der Waals surface area contributed by atoms with Crippen LogP contribution < -0.4 is 0 Å². The van der Waals surface area contributed by atoms with Gasteiger partial charge in [0.15, 0.2) is 0 Å². The largest absolute Gasteiger partial charge is 0.303 e. The molecular formula is C23H44O2. The Morgan fingerprint density at radius 3 is 1.32 bits per heavy atom. The van der Waals surface area contributed by atoms with Crippen molar-refractivity contribution in [3.8, 4) is 0 Å². The molecule has 0 fully saturated rings. The zero-order valence-corrected chi connectivity index (χ0v) is 17.0. The summed E-state index contributed by atoms with van der Waals surface area (Å²) in [5.74, 6) is 0.340. The first-order chi connectivity index (χ1) is 12.3. The van der Waals surface area contributed by atoms with Crippen molar-refractivity contribution in [3.63, 3.8) is 0 Å². The van der Waals surface area contributed by atoms with E-state index in [0.717, 1.165) is 25.5 Å². The zero-order valence-electron chi connectivity index (χ0n) is 17.0. The van der Waals surface area contributed by atoms with Gasteiger partial charge in [0.25, 0.3) is 0 Å². The summed E-state index contributed by atoms with van der Waals surface area (Å²) in [5.41, 5.74) is 0. The number of hydrogen-bond acceptors (Lipinski definition) is 2.